The zero-order valence-corrected chi connectivity index (χ0v) is 10.3. The highest BCUT2D eigenvalue weighted by Gasteiger charge is 2.20. The van der Waals surface area contributed by atoms with Crippen LogP contribution in [0.2, 0.25) is 0 Å². The second-order valence-corrected chi connectivity index (χ2v) is 4.52. The summed E-state index contributed by atoms with van der Waals surface area (Å²) in [5.74, 6) is 1.10. The summed E-state index contributed by atoms with van der Waals surface area (Å²) in [5, 5.41) is 0. The summed E-state index contributed by atoms with van der Waals surface area (Å²) in [6.07, 6.45) is 2.34. The van der Waals surface area contributed by atoms with Crippen molar-refractivity contribution in [3.63, 3.8) is 0 Å². The molecule has 3 nitrogen and oxygen atoms in total. The maximum Gasteiger partial charge on any atom is 0.236 e. The first-order valence-electron chi connectivity index (χ1n) is 6.17. The number of nitrogens with zero attached hydrogens (tertiary/aromatic N) is 2. The minimum absolute atomic E-state index is 0.311. The Morgan fingerprint density at radius 2 is 1.80 bits per heavy atom. The Morgan fingerprint density at radius 3 is 2.27 bits per heavy atom. The zero-order chi connectivity index (χ0) is 11.3. The Balaban J connectivity index is 2.33. The van der Waals surface area contributed by atoms with Crippen LogP contribution >= 0.6 is 0 Å². The number of hydrogen-bond acceptors (Lipinski definition) is 2. The Bertz CT molecular complexity index is 194. The highest BCUT2D eigenvalue weighted by atomic mass is 16.2. The first kappa shape index (κ1) is 12.5. The fourth-order valence-electron chi connectivity index (χ4n) is 2.00. The number of hydrogen-bond donors (Lipinski definition) is 0. The molecule has 0 saturated carbocycles. The lowest BCUT2D eigenvalue weighted by Crippen LogP contribution is -2.43. The molecular formula is C12H24N2O. The molecule has 0 aromatic heterocycles. The Morgan fingerprint density at radius 1 is 1.27 bits per heavy atom. The van der Waals surface area contributed by atoms with E-state index >= 15 is 0 Å². The van der Waals surface area contributed by atoms with Gasteiger partial charge >= 0.3 is 0 Å². The van der Waals surface area contributed by atoms with Gasteiger partial charge in [0, 0.05) is 13.1 Å². The summed E-state index contributed by atoms with van der Waals surface area (Å²) in [7, 11) is 0. The van der Waals surface area contributed by atoms with Crippen molar-refractivity contribution >= 4 is 5.91 Å². The molecule has 0 radical (unpaired) electrons. The van der Waals surface area contributed by atoms with Gasteiger partial charge in [-0.15, -0.1) is 0 Å². The van der Waals surface area contributed by atoms with Crippen molar-refractivity contribution in [1.82, 2.24) is 9.80 Å². The van der Waals surface area contributed by atoms with Crippen molar-refractivity contribution in [2.45, 2.75) is 33.6 Å². The standard InChI is InChI=1S/C12H24N2O/c1-4-13(5-2)10-12(15)14-8-6-11(3)7-9-14/h11H,4-10H2,1-3H3. The Hall–Kier alpha value is -0.570. The molecule has 1 fully saturated rings. The summed E-state index contributed by atoms with van der Waals surface area (Å²) >= 11 is 0. The lowest BCUT2D eigenvalue weighted by molar-refractivity contribution is -0.133. The predicted molar refractivity (Wildman–Crippen MR) is 62.8 cm³/mol. The summed E-state index contributed by atoms with van der Waals surface area (Å²) < 4.78 is 0. The number of amides is 1. The summed E-state index contributed by atoms with van der Waals surface area (Å²) in [4.78, 5) is 16.1. The zero-order valence-electron chi connectivity index (χ0n) is 10.3. The first-order chi connectivity index (χ1) is 7.17. The number of carbonyl (C=O) groups excluding carboxylic acids is 1. The molecule has 0 atom stereocenters. The van der Waals surface area contributed by atoms with Crippen LogP contribution < -0.4 is 0 Å². The molecular weight excluding hydrogens is 188 g/mol. The SMILES string of the molecule is CCN(CC)CC(=O)N1CCC(C)CC1. The van der Waals surface area contributed by atoms with Crippen LogP contribution in [-0.4, -0.2) is 48.4 Å². The van der Waals surface area contributed by atoms with Gasteiger partial charge in [0.05, 0.1) is 6.54 Å². The summed E-state index contributed by atoms with van der Waals surface area (Å²) in [6.45, 7) is 10.9. The fraction of sp³-hybridized carbons (Fsp3) is 0.917. The molecule has 15 heavy (non-hydrogen) atoms. The molecule has 1 aliphatic heterocycles. The molecule has 1 rings (SSSR count). The molecule has 1 heterocycles. The van der Waals surface area contributed by atoms with E-state index < -0.39 is 0 Å². The second-order valence-electron chi connectivity index (χ2n) is 4.52. The van der Waals surface area contributed by atoms with Gasteiger partial charge in [-0.3, -0.25) is 9.69 Å². The van der Waals surface area contributed by atoms with Crippen LogP contribution in [0.3, 0.4) is 0 Å². The van der Waals surface area contributed by atoms with E-state index in [1.54, 1.807) is 0 Å². The van der Waals surface area contributed by atoms with E-state index in [1.807, 2.05) is 4.90 Å². The molecule has 0 bridgehead atoms. The van der Waals surface area contributed by atoms with Crippen molar-refractivity contribution in [3.05, 3.63) is 0 Å². The van der Waals surface area contributed by atoms with Crippen molar-refractivity contribution in [2.75, 3.05) is 32.7 Å². The van der Waals surface area contributed by atoms with Gasteiger partial charge in [-0.2, -0.15) is 0 Å². The molecule has 1 aliphatic rings. The van der Waals surface area contributed by atoms with Crippen molar-refractivity contribution in [2.24, 2.45) is 5.92 Å². The molecule has 88 valence electrons. The van der Waals surface area contributed by atoms with Crippen LogP contribution in [0.25, 0.3) is 0 Å². The number of likely N-dealkylation sites (tertiary alicyclic amines) is 1. The van der Waals surface area contributed by atoms with Gasteiger partial charge in [0.15, 0.2) is 0 Å². The van der Waals surface area contributed by atoms with E-state index in [1.165, 1.54) is 12.8 Å². The van der Waals surface area contributed by atoms with Crippen LogP contribution in [0.5, 0.6) is 0 Å². The minimum atomic E-state index is 0.311. The molecule has 0 spiro atoms. The monoisotopic (exact) mass is 212 g/mol. The van der Waals surface area contributed by atoms with E-state index in [2.05, 4.69) is 25.7 Å². The Kier molecular flexibility index (Phi) is 5.09. The van der Waals surface area contributed by atoms with Crippen molar-refractivity contribution in [3.8, 4) is 0 Å². The summed E-state index contributed by atoms with van der Waals surface area (Å²) in [6, 6.07) is 0. The van der Waals surface area contributed by atoms with Gasteiger partial charge < -0.3 is 4.90 Å². The third-order valence-electron chi connectivity index (χ3n) is 3.39. The molecule has 0 aliphatic carbocycles. The van der Waals surface area contributed by atoms with E-state index in [-0.39, 0.29) is 0 Å². The lowest BCUT2D eigenvalue weighted by Gasteiger charge is -2.32. The second kappa shape index (κ2) is 6.11. The molecule has 0 aromatic carbocycles. The van der Waals surface area contributed by atoms with Gasteiger partial charge in [0.1, 0.15) is 0 Å². The van der Waals surface area contributed by atoms with Crippen molar-refractivity contribution in [1.29, 1.82) is 0 Å². The smallest absolute Gasteiger partial charge is 0.236 e. The molecule has 1 saturated heterocycles. The third-order valence-corrected chi connectivity index (χ3v) is 3.39. The van der Waals surface area contributed by atoms with Gasteiger partial charge in [0.2, 0.25) is 5.91 Å². The van der Waals surface area contributed by atoms with E-state index in [9.17, 15) is 4.79 Å². The molecule has 0 N–H and O–H groups in total. The quantitative estimate of drug-likeness (QED) is 0.706. The summed E-state index contributed by atoms with van der Waals surface area (Å²) in [5.41, 5.74) is 0. The van der Waals surface area contributed by atoms with E-state index in [4.69, 9.17) is 0 Å². The number of rotatable bonds is 4. The van der Waals surface area contributed by atoms with E-state index in [0.717, 1.165) is 32.1 Å². The maximum atomic E-state index is 11.9. The van der Waals surface area contributed by atoms with Crippen LogP contribution in [0.1, 0.15) is 33.6 Å². The first-order valence-corrected chi connectivity index (χ1v) is 6.17. The van der Waals surface area contributed by atoms with Gasteiger partial charge in [-0.25, -0.2) is 0 Å². The minimum Gasteiger partial charge on any atom is -0.342 e. The fourth-order valence-corrected chi connectivity index (χ4v) is 2.00. The largest absolute Gasteiger partial charge is 0.342 e. The maximum absolute atomic E-state index is 11.9. The average molecular weight is 212 g/mol. The van der Waals surface area contributed by atoms with Crippen molar-refractivity contribution < 1.29 is 4.79 Å². The topological polar surface area (TPSA) is 23.6 Å². The molecule has 1 amide bonds. The molecule has 0 aromatic rings. The van der Waals surface area contributed by atoms with Gasteiger partial charge in [-0.1, -0.05) is 20.8 Å². The highest BCUT2D eigenvalue weighted by molar-refractivity contribution is 5.78. The van der Waals surface area contributed by atoms with Crippen LogP contribution in [0.4, 0.5) is 0 Å². The highest BCUT2D eigenvalue weighted by Crippen LogP contribution is 2.15. The number of likely N-dealkylation sites (N-methyl/N-ethyl adjacent to an activating group) is 1. The lowest BCUT2D eigenvalue weighted by atomic mass is 9.99. The number of carbonyl (C=O) groups is 1. The van der Waals surface area contributed by atoms with Crippen LogP contribution in [-0.2, 0) is 4.79 Å². The van der Waals surface area contributed by atoms with Crippen LogP contribution in [0.15, 0.2) is 0 Å². The average Bonchev–Trinajstić information content (AvgIpc) is 2.26. The molecule has 0 unspecified atom stereocenters. The predicted octanol–water partition coefficient (Wildman–Crippen LogP) is 1.59. The molecule has 3 heteroatoms. The van der Waals surface area contributed by atoms with Gasteiger partial charge in [-0.05, 0) is 31.8 Å². The normalized spacial score (nSPS) is 18.5. The third kappa shape index (κ3) is 3.82. The Labute approximate surface area is 93.4 Å². The number of piperidine rings is 1. The van der Waals surface area contributed by atoms with Gasteiger partial charge in [0.25, 0.3) is 0 Å². The van der Waals surface area contributed by atoms with Crippen LogP contribution in [0, 0.1) is 5.92 Å². The van der Waals surface area contributed by atoms with E-state index in [0.29, 0.717) is 12.5 Å².